The highest BCUT2D eigenvalue weighted by Gasteiger charge is 2.04. The van der Waals surface area contributed by atoms with E-state index in [1.165, 1.54) is 11.1 Å². The Hall–Kier alpha value is -1.80. The summed E-state index contributed by atoms with van der Waals surface area (Å²) in [4.78, 5) is 0. The number of hydrogen-bond acceptors (Lipinski definition) is 2. The SMILES string of the molecule is COc1cccc(CNC(C)c2ccccc2)c1. The summed E-state index contributed by atoms with van der Waals surface area (Å²) in [6, 6.07) is 18.9. The van der Waals surface area contributed by atoms with E-state index in [1.54, 1.807) is 7.11 Å². The molecule has 0 aliphatic carbocycles. The minimum absolute atomic E-state index is 0.345. The van der Waals surface area contributed by atoms with Crippen LogP contribution in [0.4, 0.5) is 0 Å². The summed E-state index contributed by atoms with van der Waals surface area (Å²) in [5, 5.41) is 3.51. The fourth-order valence-corrected chi connectivity index (χ4v) is 1.91. The maximum absolute atomic E-state index is 5.22. The van der Waals surface area contributed by atoms with Crippen molar-refractivity contribution in [1.29, 1.82) is 0 Å². The van der Waals surface area contributed by atoms with Gasteiger partial charge in [0.25, 0.3) is 0 Å². The molecule has 0 saturated carbocycles. The quantitative estimate of drug-likeness (QED) is 0.864. The fraction of sp³-hybridized carbons (Fsp3) is 0.250. The molecule has 1 N–H and O–H groups in total. The summed E-state index contributed by atoms with van der Waals surface area (Å²) in [6.45, 7) is 3.02. The van der Waals surface area contributed by atoms with E-state index in [1.807, 2.05) is 18.2 Å². The van der Waals surface area contributed by atoms with Crippen LogP contribution in [-0.2, 0) is 6.54 Å². The monoisotopic (exact) mass is 241 g/mol. The van der Waals surface area contributed by atoms with E-state index in [-0.39, 0.29) is 0 Å². The second-order valence-electron chi connectivity index (χ2n) is 4.36. The number of methoxy groups -OCH3 is 1. The summed E-state index contributed by atoms with van der Waals surface area (Å²) in [7, 11) is 1.69. The molecule has 1 atom stereocenters. The zero-order valence-corrected chi connectivity index (χ0v) is 10.9. The minimum Gasteiger partial charge on any atom is -0.497 e. The maximum atomic E-state index is 5.22. The summed E-state index contributed by atoms with van der Waals surface area (Å²) < 4.78 is 5.22. The summed E-state index contributed by atoms with van der Waals surface area (Å²) in [6.07, 6.45) is 0. The lowest BCUT2D eigenvalue weighted by Crippen LogP contribution is -2.17. The third kappa shape index (κ3) is 3.34. The third-order valence-electron chi connectivity index (χ3n) is 3.05. The molecule has 2 nitrogen and oxygen atoms in total. The first-order chi connectivity index (χ1) is 8.79. The van der Waals surface area contributed by atoms with Gasteiger partial charge in [0.2, 0.25) is 0 Å². The first-order valence-corrected chi connectivity index (χ1v) is 6.21. The molecule has 0 aliphatic heterocycles. The zero-order chi connectivity index (χ0) is 12.8. The van der Waals surface area contributed by atoms with Crippen molar-refractivity contribution in [3.05, 3.63) is 65.7 Å². The van der Waals surface area contributed by atoms with Crippen molar-refractivity contribution in [1.82, 2.24) is 5.32 Å². The van der Waals surface area contributed by atoms with Gasteiger partial charge in [-0.3, -0.25) is 0 Å². The van der Waals surface area contributed by atoms with E-state index < -0.39 is 0 Å². The molecule has 0 spiro atoms. The molecule has 2 aromatic carbocycles. The van der Waals surface area contributed by atoms with Crippen molar-refractivity contribution in [3.63, 3.8) is 0 Å². The highest BCUT2D eigenvalue weighted by atomic mass is 16.5. The van der Waals surface area contributed by atoms with Crippen molar-refractivity contribution < 1.29 is 4.74 Å². The van der Waals surface area contributed by atoms with Gasteiger partial charge in [0.05, 0.1) is 7.11 Å². The van der Waals surface area contributed by atoms with Crippen molar-refractivity contribution in [3.8, 4) is 5.75 Å². The van der Waals surface area contributed by atoms with Crippen molar-refractivity contribution in [2.24, 2.45) is 0 Å². The lowest BCUT2D eigenvalue weighted by atomic mass is 10.1. The first kappa shape index (κ1) is 12.7. The van der Waals surface area contributed by atoms with Crippen LogP contribution in [0.5, 0.6) is 5.75 Å². The van der Waals surface area contributed by atoms with Gasteiger partial charge < -0.3 is 10.1 Å². The predicted molar refractivity (Wildman–Crippen MR) is 74.7 cm³/mol. The van der Waals surface area contributed by atoms with E-state index in [9.17, 15) is 0 Å². The Labute approximate surface area is 109 Å². The minimum atomic E-state index is 0.345. The molecule has 0 amide bonds. The molecular weight excluding hydrogens is 222 g/mol. The van der Waals surface area contributed by atoms with Gasteiger partial charge in [0.1, 0.15) is 5.75 Å². The van der Waals surface area contributed by atoms with Gasteiger partial charge in [-0.1, -0.05) is 42.5 Å². The van der Waals surface area contributed by atoms with Crippen LogP contribution in [0.2, 0.25) is 0 Å². The van der Waals surface area contributed by atoms with Crippen LogP contribution >= 0.6 is 0 Å². The zero-order valence-electron chi connectivity index (χ0n) is 10.9. The number of rotatable bonds is 5. The van der Waals surface area contributed by atoms with E-state index in [0.717, 1.165) is 12.3 Å². The summed E-state index contributed by atoms with van der Waals surface area (Å²) >= 11 is 0. The second-order valence-corrected chi connectivity index (χ2v) is 4.36. The molecular formula is C16H19NO. The van der Waals surface area contributed by atoms with Crippen LogP contribution in [0.25, 0.3) is 0 Å². The molecule has 0 radical (unpaired) electrons. The lowest BCUT2D eigenvalue weighted by Gasteiger charge is -2.14. The topological polar surface area (TPSA) is 21.3 Å². The van der Waals surface area contributed by atoms with E-state index in [2.05, 4.69) is 48.6 Å². The normalized spacial score (nSPS) is 12.1. The molecule has 2 heteroatoms. The Morgan fingerprint density at radius 1 is 1.06 bits per heavy atom. The first-order valence-electron chi connectivity index (χ1n) is 6.21. The van der Waals surface area contributed by atoms with Gasteiger partial charge in [-0.2, -0.15) is 0 Å². The largest absolute Gasteiger partial charge is 0.497 e. The molecule has 0 heterocycles. The van der Waals surface area contributed by atoms with Crippen LogP contribution in [0.1, 0.15) is 24.1 Å². The van der Waals surface area contributed by atoms with Crippen molar-refractivity contribution in [2.45, 2.75) is 19.5 Å². The fourth-order valence-electron chi connectivity index (χ4n) is 1.91. The molecule has 2 rings (SSSR count). The Morgan fingerprint density at radius 2 is 1.83 bits per heavy atom. The molecule has 2 aromatic rings. The molecule has 0 aromatic heterocycles. The average Bonchev–Trinajstić information content (AvgIpc) is 2.46. The summed E-state index contributed by atoms with van der Waals surface area (Å²) in [5.74, 6) is 0.904. The second kappa shape index (κ2) is 6.22. The summed E-state index contributed by atoms with van der Waals surface area (Å²) in [5.41, 5.74) is 2.54. The third-order valence-corrected chi connectivity index (χ3v) is 3.05. The molecule has 18 heavy (non-hydrogen) atoms. The van der Waals surface area contributed by atoms with Crippen LogP contribution in [0.15, 0.2) is 54.6 Å². The Kier molecular flexibility index (Phi) is 4.37. The van der Waals surface area contributed by atoms with Gasteiger partial charge in [-0.25, -0.2) is 0 Å². The van der Waals surface area contributed by atoms with Gasteiger partial charge in [-0.05, 0) is 30.2 Å². The van der Waals surface area contributed by atoms with Gasteiger partial charge in [0.15, 0.2) is 0 Å². The number of nitrogens with one attached hydrogen (secondary N) is 1. The standard InChI is InChI=1S/C16H19NO/c1-13(15-8-4-3-5-9-15)17-12-14-7-6-10-16(11-14)18-2/h3-11,13,17H,12H2,1-2H3. The smallest absolute Gasteiger partial charge is 0.119 e. The Balaban J connectivity index is 1.95. The van der Waals surface area contributed by atoms with E-state index in [0.29, 0.717) is 6.04 Å². The predicted octanol–water partition coefficient (Wildman–Crippen LogP) is 3.55. The molecule has 0 aliphatic rings. The van der Waals surface area contributed by atoms with Crippen LogP contribution in [0.3, 0.4) is 0 Å². The van der Waals surface area contributed by atoms with E-state index in [4.69, 9.17) is 4.74 Å². The number of ether oxygens (including phenoxy) is 1. The van der Waals surface area contributed by atoms with Gasteiger partial charge in [-0.15, -0.1) is 0 Å². The Bertz CT molecular complexity index is 481. The number of benzene rings is 2. The Morgan fingerprint density at radius 3 is 2.56 bits per heavy atom. The lowest BCUT2D eigenvalue weighted by molar-refractivity contribution is 0.414. The average molecular weight is 241 g/mol. The molecule has 94 valence electrons. The molecule has 0 bridgehead atoms. The van der Waals surface area contributed by atoms with Crippen LogP contribution in [-0.4, -0.2) is 7.11 Å². The van der Waals surface area contributed by atoms with Crippen LogP contribution < -0.4 is 10.1 Å². The van der Waals surface area contributed by atoms with Crippen molar-refractivity contribution in [2.75, 3.05) is 7.11 Å². The number of hydrogen-bond donors (Lipinski definition) is 1. The van der Waals surface area contributed by atoms with Gasteiger partial charge in [0, 0.05) is 12.6 Å². The highest BCUT2D eigenvalue weighted by Crippen LogP contribution is 2.15. The van der Waals surface area contributed by atoms with Crippen LogP contribution in [0, 0.1) is 0 Å². The molecule has 1 unspecified atom stereocenters. The molecule has 0 fully saturated rings. The van der Waals surface area contributed by atoms with Gasteiger partial charge >= 0.3 is 0 Å². The van der Waals surface area contributed by atoms with E-state index >= 15 is 0 Å². The highest BCUT2D eigenvalue weighted by molar-refractivity contribution is 5.28. The maximum Gasteiger partial charge on any atom is 0.119 e. The van der Waals surface area contributed by atoms with Crippen molar-refractivity contribution >= 4 is 0 Å². The molecule has 0 saturated heterocycles.